The zero-order chi connectivity index (χ0) is 13.1. The fraction of sp³-hybridized carbons (Fsp3) is 0.462. The number of carbonyl (C=O) groups is 1. The SMILES string of the molecule is CCC(NC(C)C)(C(=O)O)c1ccc(Cl)cc1. The maximum atomic E-state index is 11.6. The van der Waals surface area contributed by atoms with Crippen LogP contribution in [0.4, 0.5) is 0 Å². The van der Waals surface area contributed by atoms with Crippen LogP contribution in [-0.2, 0) is 10.3 Å². The van der Waals surface area contributed by atoms with E-state index in [0.717, 1.165) is 5.56 Å². The number of carboxylic acid groups (broad SMARTS) is 1. The molecule has 0 spiro atoms. The number of benzene rings is 1. The fourth-order valence-corrected chi connectivity index (χ4v) is 2.08. The molecule has 0 aliphatic heterocycles. The molecule has 17 heavy (non-hydrogen) atoms. The van der Waals surface area contributed by atoms with E-state index in [1.807, 2.05) is 20.8 Å². The quantitative estimate of drug-likeness (QED) is 0.850. The summed E-state index contributed by atoms with van der Waals surface area (Å²) in [5, 5.41) is 13.2. The van der Waals surface area contributed by atoms with Crippen LogP contribution in [0.3, 0.4) is 0 Å². The topological polar surface area (TPSA) is 49.3 Å². The van der Waals surface area contributed by atoms with Crippen LogP contribution < -0.4 is 5.32 Å². The van der Waals surface area contributed by atoms with Gasteiger partial charge in [-0.25, -0.2) is 4.79 Å². The molecule has 0 bridgehead atoms. The number of rotatable bonds is 5. The van der Waals surface area contributed by atoms with E-state index in [0.29, 0.717) is 11.4 Å². The number of hydrogen-bond acceptors (Lipinski definition) is 2. The van der Waals surface area contributed by atoms with Crippen LogP contribution in [-0.4, -0.2) is 17.1 Å². The third-order valence-electron chi connectivity index (χ3n) is 2.77. The van der Waals surface area contributed by atoms with Gasteiger partial charge < -0.3 is 5.11 Å². The molecule has 1 rings (SSSR count). The van der Waals surface area contributed by atoms with E-state index < -0.39 is 11.5 Å². The maximum Gasteiger partial charge on any atom is 0.328 e. The second kappa shape index (κ2) is 5.52. The van der Waals surface area contributed by atoms with Crippen LogP contribution in [0.1, 0.15) is 32.8 Å². The lowest BCUT2D eigenvalue weighted by atomic mass is 9.86. The summed E-state index contributed by atoms with van der Waals surface area (Å²) < 4.78 is 0. The van der Waals surface area contributed by atoms with Crippen molar-refractivity contribution in [1.82, 2.24) is 5.32 Å². The van der Waals surface area contributed by atoms with Crippen molar-refractivity contribution in [3.05, 3.63) is 34.9 Å². The average molecular weight is 256 g/mol. The molecule has 1 unspecified atom stereocenters. The van der Waals surface area contributed by atoms with Gasteiger partial charge in [0.1, 0.15) is 5.54 Å². The lowest BCUT2D eigenvalue weighted by Crippen LogP contribution is -2.51. The minimum absolute atomic E-state index is 0.0849. The van der Waals surface area contributed by atoms with Crippen LogP contribution >= 0.6 is 11.6 Å². The molecule has 0 aromatic heterocycles. The van der Waals surface area contributed by atoms with Crippen LogP contribution in [0.25, 0.3) is 0 Å². The normalized spacial score (nSPS) is 14.6. The van der Waals surface area contributed by atoms with Crippen LogP contribution in [0.15, 0.2) is 24.3 Å². The molecule has 1 aromatic carbocycles. The Morgan fingerprint density at radius 2 is 1.94 bits per heavy atom. The number of hydrogen-bond donors (Lipinski definition) is 2. The van der Waals surface area contributed by atoms with E-state index in [2.05, 4.69) is 5.32 Å². The molecule has 0 fully saturated rings. The van der Waals surface area contributed by atoms with E-state index in [1.54, 1.807) is 24.3 Å². The van der Waals surface area contributed by atoms with Gasteiger partial charge in [-0.3, -0.25) is 5.32 Å². The van der Waals surface area contributed by atoms with Crippen molar-refractivity contribution in [3.63, 3.8) is 0 Å². The Morgan fingerprint density at radius 3 is 2.29 bits per heavy atom. The van der Waals surface area contributed by atoms with Gasteiger partial charge in [0.2, 0.25) is 0 Å². The zero-order valence-electron chi connectivity index (χ0n) is 10.3. The van der Waals surface area contributed by atoms with Crippen molar-refractivity contribution in [2.45, 2.75) is 38.8 Å². The monoisotopic (exact) mass is 255 g/mol. The van der Waals surface area contributed by atoms with E-state index in [1.165, 1.54) is 0 Å². The van der Waals surface area contributed by atoms with Gasteiger partial charge in [-0.2, -0.15) is 0 Å². The Bertz CT molecular complexity index is 389. The molecule has 0 radical (unpaired) electrons. The summed E-state index contributed by atoms with van der Waals surface area (Å²) in [5.41, 5.74) is -0.315. The van der Waals surface area contributed by atoms with Crippen molar-refractivity contribution in [1.29, 1.82) is 0 Å². The maximum absolute atomic E-state index is 11.6. The summed E-state index contributed by atoms with van der Waals surface area (Å²) in [7, 11) is 0. The van der Waals surface area contributed by atoms with Crippen molar-refractivity contribution in [2.24, 2.45) is 0 Å². The molecule has 0 saturated heterocycles. The minimum atomic E-state index is -1.04. The molecule has 0 aliphatic rings. The first kappa shape index (κ1) is 14.0. The molecular weight excluding hydrogens is 238 g/mol. The lowest BCUT2D eigenvalue weighted by Gasteiger charge is -2.32. The van der Waals surface area contributed by atoms with Crippen molar-refractivity contribution in [3.8, 4) is 0 Å². The van der Waals surface area contributed by atoms with E-state index in [-0.39, 0.29) is 6.04 Å². The molecule has 0 heterocycles. The van der Waals surface area contributed by atoms with Gasteiger partial charge in [-0.05, 0) is 38.0 Å². The Balaban J connectivity index is 3.21. The number of carboxylic acids is 1. The first-order chi connectivity index (χ1) is 7.92. The smallest absolute Gasteiger partial charge is 0.328 e. The molecular formula is C13H18ClNO2. The second-order valence-corrected chi connectivity index (χ2v) is 4.81. The second-order valence-electron chi connectivity index (χ2n) is 4.37. The fourth-order valence-electron chi connectivity index (χ4n) is 1.95. The van der Waals surface area contributed by atoms with Crippen LogP contribution in [0.2, 0.25) is 5.02 Å². The third kappa shape index (κ3) is 2.99. The van der Waals surface area contributed by atoms with E-state index in [4.69, 9.17) is 11.6 Å². The molecule has 94 valence electrons. The molecule has 2 N–H and O–H groups in total. The predicted octanol–water partition coefficient (Wildman–Crippen LogP) is 3.03. The highest BCUT2D eigenvalue weighted by molar-refractivity contribution is 6.30. The zero-order valence-corrected chi connectivity index (χ0v) is 11.1. The van der Waals surface area contributed by atoms with Gasteiger partial charge in [-0.1, -0.05) is 30.7 Å². The molecule has 3 nitrogen and oxygen atoms in total. The number of aliphatic carboxylic acids is 1. The van der Waals surface area contributed by atoms with E-state index in [9.17, 15) is 9.90 Å². The highest BCUT2D eigenvalue weighted by Gasteiger charge is 2.38. The molecule has 1 aromatic rings. The summed E-state index contributed by atoms with van der Waals surface area (Å²) in [6.07, 6.45) is 0.474. The minimum Gasteiger partial charge on any atom is -0.480 e. The van der Waals surface area contributed by atoms with Crippen molar-refractivity contribution < 1.29 is 9.90 Å². The van der Waals surface area contributed by atoms with Gasteiger partial charge in [0.25, 0.3) is 0 Å². The van der Waals surface area contributed by atoms with Gasteiger partial charge in [0, 0.05) is 11.1 Å². The summed E-state index contributed by atoms with van der Waals surface area (Å²) in [4.78, 5) is 11.6. The number of nitrogens with one attached hydrogen (secondary N) is 1. The van der Waals surface area contributed by atoms with Crippen molar-refractivity contribution in [2.75, 3.05) is 0 Å². The van der Waals surface area contributed by atoms with Crippen LogP contribution in [0.5, 0.6) is 0 Å². The van der Waals surface area contributed by atoms with Gasteiger partial charge in [0.05, 0.1) is 0 Å². The van der Waals surface area contributed by atoms with Gasteiger partial charge in [-0.15, -0.1) is 0 Å². The van der Waals surface area contributed by atoms with Gasteiger partial charge in [0.15, 0.2) is 0 Å². The first-order valence-corrected chi connectivity index (χ1v) is 6.07. The van der Waals surface area contributed by atoms with Crippen molar-refractivity contribution >= 4 is 17.6 Å². The Hall–Kier alpha value is -1.06. The van der Waals surface area contributed by atoms with E-state index >= 15 is 0 Å². The van der Waals surface area contributed by atoms with Crippen LogP contribution in [0, 0.1) is 0 Å². The number of halogens is 1. The highest BCUT2D eigenvalue weighted by atomic mass is 35.5. The molecule has 0 aliphatic carbocycles. The predicted molar refractivity (Wildman–Crippen MR) is 69.3 cm³/mol. The Morgan fingerprint density at radius 1 is 1.41 bits per heavy atom. The largest absolute Gasteiger partial charge is 0.480 e. The Labute approximate surface area is 107 Å². The summed E-state index contributed by atoms with van der Waals surface area (Å²) >= 11 is 5.82. The first-order valence-electron chi connectivity index (χ1n) is 5.69. The highest BCUT2D eigenvalue weighted by Crippen LogP contribution is 2.27. The molecule has 0 amide bonds. The third-order valence-corrected chi connectivity index (χ3v) is 3.02. The molecule has 4 heteroatoms. The molecule has 1 atom stereocenters. The standard InChI is InChI=1S/C13H18ClNO2/c1-4-13(12(16)17,15-9(2)3)10-5-7-11(14)8-6-10/h5-9,15H,4H2,1-3H3,(H,16,17). The Kier molecular flexibility index (Phi) is 4.54. The summed E-state index contributed by atoms with van der Waals surface area (Å²) in [6.45, 7) is 5.73. The van der Waals surface area contributed by atoms with Gasteiger partial charge >= 0.3 is 5.97 Å². The summed E-state index contributed by atoms with van der Waals surface area (Å²) in [5.74, 6) is -0.865. The lowest BCUT2D eigenvalue weighted by molar-refractivity contribution is -0.146. The molecule has 0 saturated carbocycles. The average Bonchev–Trinajstić information content (AvgIpc) is 2.26. The summed E-state index contributed by atoms with van der Waals surface area (Å²) in [6, 6.07) is 7.03.